The Balaban J connectivity index is 1.60. The van der Waals surface area contributed by atoms with Crippen LogP contribution in [0, 0.1) is 11.6 Å². The van der Waals surface area contributed by atoms with Crippen molar-refractivity contribution in [1.29, 1.82) is 0 Å². The van der Waals surface area contributed by atoms with Crippen LogP contribution < -0.4 is 15.3 Å². The Kier molecular flexibility index (Phi) is 7.37. The van der Waals surface area contributed by atoms with Crippen LogP contribution in [0.5, 0.6) is 5.75 Å². The second-order valence-corrected chi connectivity index (χ2v) is 7.63. The predicted octanol–water partition coefficient (Wildman–Crippen LogP) is 3.57. The molecule has 12 heteroatoms. The number of aromatic nitrogens is 4. The second kappa shape index (κ2) is 10.8. The van der Waals surface area contributed by atoms with Gasteiger partial charge < -0.3 is 9.47 Å². The number of ether oxygens (including phenoxy) is 2. The normalized spacial score (nSPS) is 10.7. The van der Waals surface area contributed by atoms with E-state index in [2.05, 4.69) is 10.4 Å². The average Bonchev–Trinajstić information content (AvgIpc) is 3.28. The number of hydrogen-bond donors (Lipinski definition) is 0. The van der Waals surface area contributed by atoms with Gasteiger partial charge in [0.2, 0.25) is 0 Å². The Hall–Kier alpha value is -4.87. The van der Waals surface area contributed by atoms with E-state index in [4.69, 9.17) is 9.47 Å². The van der Waals surface area contributed by atoms with E-state index in [1.165, 1.54) is 25.3 Å². The number of esters is 1. The smallest absolute Gasteiger partial charge is 0.377 e. The van der Waals surface area contributed by atoms with E-state index in [1.807, 2.05) is 30.3 Å². The molecule has 1 heterocycles. The Morgan fingerprint density at radius 2 is 1.68 bits per heavy atom. The first-order valence-electron chi connectivity index (χ1n) is 11.1. The maximum atomic E-state index is 14.1. The number of halogens is 2. The van der Waals surface area contributed by atoms with Crippen LogP contribution >= 0.6 is 0 Å². The summed E-state index contributed by atoms with van der Waals surface area (Å²) in [5.41, 5.74) is -0.718. The van der Waals surface area contributed by atoms with E-state index >= 15 is 0 Å². The molecule has 1 aromatic heterocycles. The van der Waals surface area contributed by atoms with Gasteiger partial charge in [0.25, 0.3) is 0 Å². The van der Waals surface area contributed by atoms with Gasteiger partial charge in [-0.2, -0.15) is 4.68 Å². The molecule has 0 radical (unpaired) electrons. The summed E-state index contributed by atoms with van der Waals surface area (Å²) in [5.74, 6) is -2.60. The van der Waals surface area contributed by atoms with Crippen LogP contribution in [0.1, 0.15) is 22.8 Å². The molecule has 0 unspecified atom stereocenters. The first-order valence-corrected chi connectivity index (χ1v) is 11.1. The van der Waals surface area contributed by atoms with E-state index < -0.39 is 35.0 Å². The Morgan fingerprint density at radius 3 is 2.32 bits per heavy atom. The number of benzene rings is 3. The zero-order valence-corrected chi connectivity index (χ0v) is 19.8. The van der Waals surface area contributed by atoms with Crippen molar-refractivity contribution in [2.75, 3.05) is 18.6 Å². The molecule has 190 valence electrons. The zero-order valence-electron chi connectivity index (χ0n) is 19.8. The first-order chi connectivity index (χ1) is 17.8. The van der Waals surface area contributed by atoms with Gasteiger partial charge in [0.15, 0.2) is 11.6 Å². The van der Waals surface area contributed by atoms with Crippen molar-refractivity contribution >= 4 is 17.7 Å². The van der Waals surface area contributed by atoms with Crippen LogP contribution in [0.4, 0.5) is 19.3 Å². The summed E-state index contributed by atoms with van der Waals surface area (Å²) in [6, 6.07) is 15.5. The fourth-order valence-electron chi connectivity index (χ4n) is 3.56. The number of carbonyl (C=O) groups excluding carboxylic acids is 2. The molecule has 0 saturated carbocycles. The summed E-state index contributed by atoms with van der Waals surface area (Å²) in [6.45, 7) is 1.77. The lowest BCUT2D eigenvalue weighted by atomic mass is 10.1. The Labute approximate surface area is 209 Å². The van der Waals surface area contributed by atoms with Crippen molar-refractivity contribution in [2.24, 2.45) is 0 Å². The van der Waals surface area contributed by atoms with Gasteiger partial charge in [-0.15, -0.1) is 4.68 Å². The number of rotatable bonds is 7. The topological polar surface area (TPSA) is 109 Å². The highest BCUT2D eigenvalue weighted by Gasteiger charge is 2.25. The molecule has 0 aliphatic heterocycles. The number of hydrogen-bond acceptors (Lipinski definition) is 7. The van der Waals surface area contributed by atoms with Crippen molar-refractivity contribution in [2.45, 2.75) is 13.5 Å². The molecule has 0 saturated heterocycles. The van der Waals surface area contributed by atoms with Crippen LogP contribution in [0.3, 0.4) is 0 Å². The van der Waals surface area contributed by atoms with Crippen LogP contribution in [-0.4, -0.2) is 45.4 Å². The maximum Gasteiger partial charge on any atom is 0.377 e. The molecule has 37 heavy (non-hydrogen) atoms. The van der Waals surface area contributed by atoms with Gasteiger partial charge in [-0.3, -0.25) is 4.90 Å². The molecule has 0 aliphatic rings. The number of para-hydroxylation sites is 1. The highest BCUT2D eigenvalue weighted by Crippen LogP contribution is 2.27. The molecule has 3 aromatic carbocycles. The van der Waals surface area contributed by atoms with Gasteiger partial charge >= 0.3 is 17.7 Å². The minimum absolute atomic E-state index is 0.0608. The number of anilines is 1. The van der Waals surface area contributed by atoms with E-state index in [-0.39, 0.29) is 30.2 Å². The van der Waals surface area contributed by atoms with Gasteiger partial charge in [-0.25, -0.2) is 23.2 Å². The summed E-state index contributed by atoms with van der Waals surface area (Å²) < 4.78 is 39.7. The monoisotopic (exact) mass is 509 g/mol. The molecule has 4 aromatic rings. The molecule has 0 atom stereocenters. The van der Waals surface area contributed by atoms with Crippen LogP contribution in [0.25, 0.3) is 5.69 Å². The number of carbonyl (C=O) groups is 2. The molecule has 0 fully saturated rings. The van der Waals surface area contributed by atoms with Crippen molar-refractivity contribution in [1.82, 2.24) is 19.8 Å². The predicted molar refractivity (Wildman–Crippen MR) is 128 cm³/mol. The summed E-state index contributed by atoms with van der Waals surface area (Å²) in [6.07, 6.45) is 0. The van der Waals surface area contributed by atoms with Crippen molar-refractivity contribution in [3.8, 4) is 11.4 Å². The molecule has 4 rings (SSSR count). The quantitative estimate of drug-likeness (QED) is 0.277. The number of methoxy groups -OCH3 is 1. The van der Waals surface area contributed by atoms with Gasteiger partial charge in [0.1, 0.15) is 23.6 Å². The third kappa shape index (κ3) is 5.08. The lowest BCUT2D eigenvalue weighted by Crippen LogP contribution is -2.41. The highest BCUT2D eigenvalue weighted by molar-refractivity contribution is 5.96. The Morgan fingerprint density at radius 1 is 0.973 bits per heavy atom. The van der Waals surface area contributed by atoms with Gasteiger partial charge in [0, 0.05) is 18.3 Å². The minimum atomic E-state index is -1.17. The highest BCUT2D eigenvalue weighted by atomic mass is 19.1. The summed E-state index contributed by atoms with van der Waals surface area (Å²) in [4.78, 5) is 39.7. The zero-order chi connectivity index (χ0) is 26.5. The summed E-state index contributed by atoms with van der Waals surface area (Å²) >= 11 is 0. The molecule has 0 bridgehead atoms. The molecule has 10 nitrogen and oxygen atoms in total. The summed E-state index contributed by atoms with van der Waals surface area (Å²) in [5, 5.41) is 6.96. The van der Waals surface area contributed by atoms with Gasteiger partial charge in [-0.05, 0) is 47.2 Å². The number of amides is 1. The molecule has 0 spiro atoms. The van der Waals surface area contributed by atoms with Crippen LogP contribution in [0.15, 0.2) is 71.5 Å². The molecule has 0 aliphatic carbocycles. The summed E-state index contributed by atoms with van der Waals surface area (Å²) in [7, 11) is 1.35. The average molecular weight is 509 g/mol. The second-order valence-electron chi connectivity index (χ2n) is 7.63. The van der Waals surface area contributed by atoms with Gasteiger partial charge in [-0.1, -0.05) is 36.4 Å². The minimum Gasteiger partial charge on any atom is -0.496 e. The lowest BCUT2D eigenvalue weighted by Gasteiger charge is -2.21. The molecular formula is C25H21F2N5O5. The lowest BCUT2D eigenvalue weighted by molar-refractivity contribution is 0.0469. The first kappa shape index (κ1) is 25.2. The van der Waals surface area contributed by atoms with E-state index in [0.717, 1.165) is 28.7 Å². The van der Waals surface area contributed by atoms with E-state index in [1.54, 1.807) is 6.92 Å². The van der Waals surface area contributed by atoms with Crippen molar-refractivity contribution < 1.29 is 27.8 Å². The largest absolute Gasteiger partial charge is 0.496 e. The fraction of sp³-hybridized carbons (Fsp3) is 0.160. The van der Waals surface area contributed by atoms with Crippen LogP contribution in [0.2, 0.25) is 0 Å². The number of nitrogens with zero attached hydrogens (tertiary/aromatic N) is 5. The van der Waals surface area contributed by atoms with Crippen molar-refractivity contribution in [3.05, 3.63) is 100.0 Å². The Bertz CT molecular complexity index is 1480. The maximum absolute atomic E-state index is 14.1. The van der Waals surface area contributed by atoms with E-state index in [9.17, 15) is 23.2 Å². The van der Waals surface area contributed by atoms with Crippen LogP contribution in [-0.2, 0) is 11.3 Å². The molecule has 1 amide bonds. The number of tetrazole rings is 1. The molecule has 0 N–H and O–H groups in total. The molecular weight excluding hydrogens is 488 g/mol. The van der Waals surface area contributed by atoms with Crippen molar-refractivity contribution in [3.63, 3.8) is 0 Å². The third-order valence-electron chi connectivity index (χ3n) is 5.39. The SMILES string of the molecule is CCN(C(=O)n1nnn(-c2c(F)cccc2F)c1=O)c1ccc(C(=O)OCc2ccccc2)c(OC)c1. The standard InChI is InChI=1S/C25H21F2N5O5/c1-3-30(24(34)32-25(35)31(28-29-32)22-19(26)10-7-11-20(22)27)17-12-13-18(21(14-17)36-2)23(33)37-15-16-8-5-4-6-9-16/h4-14H,3,15H2,1-2H3. The third-order valence-corrected chi connectivity index (χ3v) is 5.39. The van der Waals surface area contributed by atoms with Gasteiger partial charge in [0.05, 0.1) is 7.11 Å². The fourth-order valence-corrected chi connectivity index (χ4v) is 3.56. The van der Waals surface area contributed by atoms with E-state index in [0.29, 0.717) is 9.36 Å².